The van der Waals surface area contributed by atoms with Crippen LogP contribution in [0.25, 0.3) is 10.9 Å². The number of aromatic nitrogens is 1. The fourth-order valence-corrected chi connectivity index (χ4v) is 5.53. The molecule has 1 aromatic heterocycles. The quantitative estimate of drug-likeness (QED) is 0.646. The molecule has 0 unspecified atom stereocenters. The zero-order chi connectivity index (χ0) is 19.2. The van der Waals surface area contributed by atoms with Crippen molar-refractivity contribution >= 4 is 32.3 Å². The van der Waals surface area contributed by atoms with Gasteiger partial charge in [-0.1, -0.05) is 17.7 Å². The molecular formula is C20H20ClFN2O2S. The van der Waals surface area contributed by atoms with Crippen molar-refractivity contribution in [2.24, 2.45) is 0 Å². The average molecular weight is 407 g/mol. The van der Waals surface area contributed by atoms with Gasteiger partial charge in [-0.3, -0.25) is 0 Å². The second-order valence-electron chi connectivity index (χ2n) is 7.09. The van der Waals surface area contributed by atoms with E-state index in [1.54, 1.807) is 12.1 Å². The van der Waals surface area contributed by atoms with Gasteiger partial charge in [-0.05, 0) is 75.3 Å². The molecule has 4 rings (SSSR count). The Labute approximate surface area is 162 Å². The number of hydrogen-bond donors (Lipinski definition) is 1. The molecular weight excluding hydrogens is 387 g/mol. The van der Waals surface area contributed by atoms with Crippen molar-refractivity contribution in [2.45, 2.75) is 28.7 Å². The maximum absolute atomic E-state index is 13.3. The number of nitrogens with one attached hydrogen (secondary N) is 1. The normalized spacial score (nSPS) is 16.9. The smallest absolute Gasteiger partial charge is 0.222 e. The van der Waals surface area contributed by atoms with Crippen LogP contribution in [0.15, 0.2) is 52.4 Å². The third-order valence-electron chi connectivity index (χ3n) is 5.28. The molecule has 1 aliphatic rings. The van der Waals surface area contributed by atoms with E-state index < -0.39 is 15.7 Å². The first-order valence-electron chi connectivity index (χ1n) is 8.86. The first kappa shape index (κ1) is 18.5. The van der Waals surface area contributed by atoms with Crippen LogP contribution in [0.5, 0.6) is 0 Å². The molecule has 1 saturated heterocycles. The second-order valence-corrected chi connectivity index (χ2v) is 9.42. The molecule has 0 amide bonds. The Kier molecular flexibility index (Phi) is 4.74. The molecule has 27 heavy (non-hydrogen) atoms. The number of benzene rings is 2. The van der Waals surface area contributed by atoms with Crippen molar-refractivity contribution in [3.8, 4) is 0 Å². The third-order valence-corrected chi connectivity index (χ3v) is 7.27. The van der Waals surface area contributed by atoms with Crippen molar-refractivity contribution in [1.29, 1.82) is 0 Å². The van der Waals surface area contributed by atoms with E-state index in [-0.39, 0.29) is 15.8 Å². The molecule has 0 bridgehead atoms. The van der Waals surface area contributed by atoms with Crippen molar-refractivity contribution < 1.29 is 12.8 Å². The van der Waals surface area contributed by atoms with Crippen LogP contribution < -0.4 is 0 Å². The second kappa shape index (κ2) is 6.93. The highest BCUT2D eigenvalue weighted by molar-refractivity contribution is 7.91. The predicted molar refractivity (Wildman–Crippen MR) is 105 cm³/mol. The number of hydrogen-bond acceptors (Lipinski definition) is 3. The molecule has 0 saturated carbocycles. The number of nitrogens with zero attached hydrogens (tertiary/aromatic N) is 1. The van der Waals surface area contributed by atoms with Crippen molar-refractivity contribution in [3.63, 3.8) is 0 Å². The summed E-state index contributed by atoms with van der Waals surface area (Å²) < 4.78 is 39.9. The van der Waals surface area contributed by atoms with E-state index in [1.165, 1.54) is 24.3 Å². The van der Waals surface area contributed by atoms with E-state index in [1.807, 2.05) is 6.07 Å². The number of H-pyrrole nitrogens is 1. The van der Waals surface area contributed by atoms with Gasteiger partial charge in [-0.2, -0.15) is 0 Å². The molecule has 2 aromatic carbocycles. The first-order chi connectivity index (χ1) is 12.9. The predicted octanol–water partition coefficient (Wildman–Crippen LogP) is 4.60. The van der Waals surface area contributed by atoms with Crippen LogP contribution in [0.1, 0.15) is 24.3 Å². The minimum absolute atomic E-state index is 0.0794. The number of rotatable bonds is 3. The SMILES string of the molecule is CN1CCC(c2c(S(=O)(=O)c3ccc(F)cc3)[nH]c3cc(Cl)ccc23)CC1. The number of aromatic amines is 1. The summed E-state index contributed by atoms with van der Waals surface area (Å²) in [4.78, 5) is 5.41. The Balaban J connectivity index is 1.91. The van der Waals surface area contributed by atoms with E-state index in [4.69, 9.17) is 11.6 Å². The summed E-state index contributed by atoms with van der Waals surface area (Å²) in [7, 11) is -1.73. The molecule has 0 radical (unpaired) electrons. The van der Waals surface area contributed by atoms with Crippen LogP contribution in [0.3, 0.4) is 0 Å². The summed E-state index contributed by atoms with van der Waals surface area (Å²) in [5.74, 6) is -0.325. The summed E-state index contributed by atoms with van der Waals surface area (Å²) in [6.07, 6.45) is 1.77. The Morgan fingerprint density at radius 2 is 1.78 bits per heavy atom. The lowest BCUT2D eigenvalue weighted by Gasteiger charge is -2.29. The number of piperidine rings is 1. The summed E-state index contributed by atoms with van der Waals surface area (Å²) in [5.41, 5.74) is 1.52. The topological polar surface area (TPSA) is 53.2 Å². The van der Waals surface area contributed by atoms with Gasteiger partial charge in [0, 0.05) is 21.5 Å². The standard InChI is InChI=1S/C20H20ClFN2O2S/c1-24-10-8-13(9-11-24)19-17-7-2-14(21)12-18(17)23-20(19)27(25,26)16-5-3-15(22)4-6-16/h2-7,12-13,23H,8-11H2,1H3. The number of likely N-dealkylation sites (tertiary alicyclic amines) is 1. The molecule has 3 aromatic rings. The van der Waals surface area contributed by atoms with Gasteiger partial charge in [-0.25, -0.2) is 12.8 Å². The van der Waals surface area contributed by atoms with Gasteiger partial charge in [0.15, 0.2) is 0 Å². The molecule has 0 atom stereocenters. The van der Waals surface area contributed by atoms with E-state index in [0.29, 0.717) is 10.5 Å². The summed E-state index contributed by atoms with van der Waals surface area (Å²) in [5, 5.41) is 1.62. The Morgan fingerprint density at radius 3 is 2.44 bits per heavy atom. The van der Waals surface area contributed by atoms with Crippen LogP contribution in [0, 0.1) is 5.82 Å². The van der Waals surface area contributed by atoms with Crippen molar-refractivity contribution in [3.05, 3.63) is 58.9 Å². The number of sulfone groups is 1. The fourth-order valence-electron chi connectivity index (χ4n) is 3.81. The molecule has 1 aliphatic heterocycles. The van der Waals surface area contributed by atoms with Crippen molar-refractivity contribution in [1.82, 2.24) is 9.88 Å². The maximum Gasteiger partial charge on any atom is 0.222 e. The zero-order valence-corrected chi connectivity index (χ0v) is 16.4. The van der Waals surface area contributed by atoms with E-state index >= 15 is 0 Å². The van der Waals surface area contributed by atoms with Gasteiger partial charge >= 0.3 is 0 Å². The molecule has 1 N–H and O–H groups in total. The first-order valence-corrected chi connectivity index (χ1v) is 10.7. The fraction of sp³-hybridized carbons (Fsp3) is 0.300. The van der Waals surface area contributed by atoms with E-state index in [2.05, 4.69) is 16.9 Å². The van der Waals surface area contributed by atoms with Gasteiger partial charge in [0.1, 0.15) is 10.8 Å². The van der Waals surface area contributed by atoms with E-state index in [9.17, 15) is 12.8 Å². The number of fused-ring (bicyclic) bond motifs is 1. The van der Waals surface area contributed by atoms with E-state index in [0.717, 1.165) is 36.9 Å². The molecule has 0 aliphatic carbocycles. The lowest BCUT2D eigenvalue weighted by molar-refractivity contribution is 0.254. The Hall–Kier alpha value is -1.89. The Bertz CT molecular complexity index is 1090. The monoisotopic (exact) mass is 406 g/mol. The summed E-state index contributed by atoms with van der Waals surface area (Å²) in [6, 6.07) is 10.4. The highest BCUT2D eigenvalue weighted by Gasteiger charge is 2.31. The largest absolute Gasteiger partial charge is 0.345 e. The summed E-state index contributed by atoms with van der Waals surface area (Å²) >= 11 is 6.12. The lowest BCUT2D eigenvalue weighted by atomic mass is 9.89. The average Bonchev–Trinajstić information content (AvgIpc) is 3.02. The molecule has 4 nitrogen and oxygen atoms in total. The van der Waals surface area contributed by atoms with Crippen LogP contribution in [0.4, 0.5) is 4.39 Å². The van der Waals surface area contributed by atoms with Crippen LogP contribution in [0.2, 0.25) is 5.02 Å². The number of halogens is 2. The van der Waals surface area contributed by atoms with Gasteiger partial charge in [0.2, 0.25) is 9.84 Å². The molecule has 1 fully saturated rings. The molecule has 0 spiro atoms. The Morgan fingerprint density at radius 1 is 1.11 bits per heavy atom. The lowest BCUT2D eigenvalue weighted by Crippen LogP contribution is -2.29. The third kappa shape index (κ3) is 3.37. The van der Waals surface area contributed by atoms with Crippen molar-refractivity contribution in [2.75, 3.05) is 20.1 Å². The summed E-state index contributed by atoms with van der Waals surface area (Å²) in [6.45, 7) is 1.84. The highest BCUT2D eigenvalue weighted by Crippen LogP contribution is 2.40. The van der Waals surface area contributed by atoms with Gasteiger partial charge < -0.3 is 9.88 Å². The maximum atomic E-state index is 13.3. The van der Waals surface area contributed by atoms with Crippen LogP contribution in [-0.4, -0.2) is 38.4 Å². The molecule has 142 valence electrons. The molecule has 2 heterocycles. The molecule has 7 heteroatoms. The highest BCUT2D eigenvalue weighted by atomic mass is 35.5. The van der Waals surface area contributed by atoms with Crippen LogP contribution >= 0.6 is 11.6 Å². The van der Waals surface area contributed by atoms with Gasteiger partial charge in [-0.15, -0.1) is 0 Å². The minimum atomic E-state index is -3.80. The minimum Gasteiger partial charge on any atom is -0.345 e. The zero-order valence-electron chi connectivity index (χ0n) is 14.9. The van der Waals surface area contributed by atoms with Gasteiger partial charge in [0.05, 0.1) is 4.90 Å². The van der Waals surface area contributed by atoms with Crippen LogP contribution in [-0.2, 0) is 9.84 Å². The van der Waals surface area contributed by atoms with Gasteiger partial charge in [0.25, 0.3) is 0 Å².